The SMILES string of the molecule is Cc1ccc(-c2cc3c(cc2Cl)COB3O)cc1C. The van der Waals surface area contributed by atoms with E-state index in [0.717, 1.165) is 22.2 Å². The molecule has 0 spiro atoms. The Morgan fingerprint density at radius 2 is 1.95 bits per heavy atom. The molecule has 0 radical (unpaired) electrons. The second-order valence-corrected chi connectivity index (χ2v) is 5.40. The number of aryl methyl sites for hydroxylation is 2. The summed E-state index contributed by atoms with van der Waals surface area (Å²) in [6, 6.07) is 10.1. The van der Waals surface area contributed by atoms with Gasteiger partial charge in [-0.05, 0) is 53.2 Å². The zero-order valence-electron chi connectivity index (χ0n) is 10.9. The fourth-order valence-corrected chi connectivity index (χ4v) is 2.67. The first-order valence-electron chi connectivity index (χ1n) is 6.26. The zero-order chi connectivity index (χ0) is 13.6. The Kier molecular flexibility index (Phi) is 3.13. The van der Waals surface area contributed by atoms with Gasteiger partial charge in [0.05, 0.1) is 6.61 Å². The molecule has 1 heterocycles. The van der Waals surface area contributed by atoms with E-state index in [1.54, 1.807) is 0 Å². The van der Waals surface area contributed by atoms with Crippen molar-refractivity contribution in [3.63, 3.8) is 0 Å². The Hall–Kier alpha value is -1.29. The summed E-state index contributed by atoms with van der Waals surface area (Å²) in [6.45, 7) is 4.59. The fourth-order valence-electron chi connectivity index (χ4n) is 2.37. The number of halogens is 1. The Bertz CT molecular complexity index is 655. The van der Waals surface area contributed by atoms with E-state index >= 15 is 0 Å². The van der Waals surface area contributed by atoms with Crippen molar-refractivity contribution in [3.05, 3.63) is 52.0 Å². The molecule has 0 amide bonds. The van der Waals surface area contributed by atoms with E-state index in [1.165, 1.54) is 11.1 Å². The molecule has 2 aromatic carbocycles. The third kappa shape index (κ3) is 2.18. The summed E-state index contributed by atoms with van der Waals surface area (Å²) in [4.78, 5) is 0. The average molecular weight is 273 g/mol. The van der Waals surface area contributed by atoms with Gasteiger partial charge in [0.15, 0.2) is 0 Å². The molecule has 0 saturated carbocycles. The fraction of sp³-hybridized carbons (Fsp3) is 0.200. The zero-order valence-corrected chi connectivity index (χ0v) is 11.7. The van der Waals surface area contributed by atoms with Crippen molar-refractivity contribution in [2.24, 2.45) is 0 Å². The van der Waals surface area contributed by atoms with Gasteiger partial charge in [0.1, 0.15) is 0 Å². The summed E-state index contributed by atoms with van der Waals surface area (Å²) in [5, 5.41) is 10.5. The molecule has 1 N–H and O–H groups in total. The van der Waals surface area contributed by atoms with Gasteiger partial charge in [0.25, 0.3) is 0 Å². The van der Waals surface area contributed by atoms with Gasteiger partial charge in [-0.25, -0.2) is 0 Å². The van der Waals surface area contributed by atoms with Gasteiger partial charge in [-0.2, -0.15) is 0 Å². The van der Waals surface area contributed by atoms with E-state index in [-0.39, 0.29) is 0 Å². The first-order chi connectivity index (χ1) is 9.06. The van der Waals surface area contributed by atoms with E-state index in [1.807, 2.05) is 12.1 Å². The highest BCUT2D eigenvalue weighted by molar-refractivity contribution is 6.61. The molecule has 1 aliphatic rings. The molecule has 2 nitrogen and oxygen atoms in total. The molecule has 0 unspecified atom stereocenters. The Morgan fingerprint density at radius 3 is 2.68 bits per heavy atom. The van der Waals surface area contributed by atoms with E-state index < -0.39 is 7.12 Å². The van der Waals surface area contributed by atoms with Gasteiger partial charge >= 0.3 is 7.12 Å². The minimum Gasteiger partial charge on any atom is -0.423 e. The first kappa shape index (κ1) is 12.7. The van der Waals surface area contributed by atoms with Crippen molar-refractivity contribution in [1.29, 1.82) is 0 Å². The van der Waals surface area contributed by atoms with Crippen LogP contribution >= 0.6 is 11.6 Å². The summed E-state index contributed by atoms with van der Waals surface area (Å²) < 4.78 is 5.21. The van der Waals surface area contributed by atoms with E-state index in [0.29, 0.717) is 11.6 Å². The molecule has 3 rings (SSSR count). The second-order valence-electron chi connectivity index (χ2n) is 4.99. The molecule has 0 aromatic heterocycles. The molecular formula is C15H14BClO2. The van der Waals surface area contributed by atoms with Crippen LogP contribution in [0.5, 0.6) is 0 Å². The van der Waals surface area contributed by atoms with Crippen molar-refractivity contribution in [2.75, 3.05) is 0 Å². The molecule has 0 bridgehead atoms. The maximum atomic E-state index is 9.78. The minimum absolute atomic E-state index is 0.420. The number of hydrogen-bond donors (Lipinski definition) is 1. The Balaban J connectivity index is 2.15. The minimum atomic E-state index is -0.836. The highest BCUT2D eigenvalue weighted by Crippen LogP contribution is 2.30. The molecular weight excluding hydrogens is 258 g/mol. The number of hydrogen-bond acceptors (Lipinski definition) is 2. The van der Waals surface area contributed by atoms with E-state index in [9.17, 15) is 5.02 Å². The number of fused-ring (bicyclic) bond motifs is 1. The van der Waals surface area contributed by atoms with Crippen LogP contribution in [-0.2, 0) is 11.3 Å². The van der Waals surface area contributed by atoms with Crippen molar-refractivity contribution in [2.45, 2.75) is 20.5 Å². The van der Waals surface area contributed by atoms with Crippen molar-refractivity contribution < 1.29 is 9.68 Å². The largest absolute Gasteiger partial charge is 0.491 e. The quantitative estimate of drug-likeness (QED) is 0.809. The Morgan fingerprint density at radius 1 is 1.16 bits per heavy atom. The normalized spacial score (nSPS) is 13.8. The van der Waals surface area contributed by atoms with Crippen LogP contribution in [0.1, 0.15) is 16.7 Å². The maximum Gasteiger partial charge on any atom is 0.491 e. The van der Waals surface area contributed by atoms with E-state index in [4.69, 9.17) is 16.3 Å². The molecule has 96 valence electrons. The van der Waals surface area contributed by atoms with Crippen molar-refractivity contribution in [1.82, 2.24) is 0 Å². The highest BCUT2D eigenvalue weighted by Gasteiger charge is 2.28. The molecule has 19 heavy (non-hydrogen) atoms. The molecule has 0 atom stereocenters. The van der Waals surface area contributed by atoms with Crippen LogP contribution in [0.3, 0.4) is 0 Å². The third-order valence-corrected chi connectivity index (χ3v) is 4.02. The van der Waals surface area contributed by atoms with Crippen LogP contribution in [0, 0.1) is 13.8 Å². The highest BCUT2D eigenvalue weighted by atomic mass is 35.5. The van der Waals surface area contributed by atoms with Crippen LogP contribution in [0.2, 0.25) is 5.02 Å². The van der Waals surface area contributed by atoms with Gasteiger partial charge in [-0.1, -0.05) is 35.9 Å². The standard InChI is InChI=1S/C15H14BClO2/c1-9-3-4-11(5-10(9)2)13-7-14-12(6-15(13)17)8-19-16(14)18/h3-7,18H,8H2,1-2H3. The van der Waals surface area contributed by atoms with Crippen molar-refractivity contribution >= 4 is 24.2 Å². The van der Waals surface area contributed by atoms with Gasteiger partial charge in [-0.3, -0.25) is 0 Å². The second kappa shape index (κ2) is 4.67. The number of benzene rings is 2. The van der Waals surface area contributed by atoms with Crippen LogP contribution in [0.25, 0.3) is 11.1 Å². The molecule has 0 fully saturated rings. The molecule has 4 heteroatoms. The summed E-state index contributed by atoms with van der Waals surface area (Å²) in [5.74, 6) is 0. The summed E-state index contributed by atoms with van der Waals surface area (Å²) in [5.41, 5.74) is 6.26. The predicted octanol–water partition coefficient (Wildman–Crippen LogP) is 2.84. The van der Waals surface area contributed by atoms with Crippen LogP contribution in [0.15, 0.2) is 30.3 Å². The third-order valence-electron chi connectivity index (χ3n) is 3.71. The van der Waals surface area contributed by atoms with Gasteiger partial charge in [0.2, 0.25) is 0 Å². The van der Waals surface area contributed by atoms with Crippen LogP contribution in [-0.4, -0.2) is 12.1 Å². The summed E-state index contributed by atoms with van der Waals surface area (Å²) in [7, 11) is -0.836. The smallest absolute Gasteiger partial charge is 0.423 e. The summed E-state index contributed by atoms with van der Waals surface area (Å²) >= 11 is 6.35. The van der Waals surface area contributed by atoms with E-state index in [2.05, 4.69) is 32.0 Å². The monoisotopic (exact) mass is 272 g/mol. The lowest BCUT2D eigenvalue weighted by Crippen LogP contribution is -2.28. The molecule has 0 saturated heterocycles. The predicted molar refractivity (Wildman–Crippen MR) is 78.8 cm³/mol. The lowest BCUT2D eigenvalue weighted by molar-refractivity contribution is 0.275. The molecule has 1 aliphatic heterocycles. The Labute approximate surface area is 118 Å². The average Bonchev–Trinajstić information content (AvgIpc) is 2.73. The first-order valence-corrected chi connectivity index (χ1v) is 6.63. The van der Waals surface area contributed by atoms with Crippen LogP contribution in [0.4, 0.5) is 0 Å². The lowest BCUT2D eigenvalue weighted by atomic mass is 9.78. The number of rotatable bonds is 1. The molecule has 2 aromatic rings. The van der Waals surface area contributed by atoms with Crippen LogP contribution < -0.4 is 5.46 Å². The summed E-state index contributed by atoms with van der Waals surface area (Å²) in [6.07, 6.45) is 0. The van der Waals surface area contributed by atoms with Gasteiger partial charge in [-0.15, -0.1) is 0 Å². The topological polar surface area (TPSA) is 29.5 Å². The molecule has 0 aliphatic carbocycles. The van der Waals surface area contributed by atoms with Crippen molar-refractivity contribution in [3.8, 4) is 11.1 Å². The van der Waals surface area contributed by atoms with Gasteiger partial charge < -0.3 is 9.68 Å². The van der Waals surface area contributed by atoms with Gasteiger partial charge in [0, 0.05) is 5.02 Å². The maximum absolute atomic E-state index is 9.78. The lowest BCUT2D eigenvalue weighted by Gasteiger charge is -2.10.